The maximum atomic E-state index is 9.63. The summed E-state index contributed by atoms with van der Waals surface area (Å²) in [5, 5.41) is 31.1. The lowest BCUT2D eigenvalue weighted by molar-refractivity contribution is -0.102. The lowest BCUT2D eigenvalue weighted by Crippen LogP contribution is -2.58. The maximum Gasteiger partial charge on any atom is 0.118 e. The molecule has 0 spiro atoms. The Morgan fingerprint density at radius 1 is 1.36 bits per heavy atom. The van der Waals surface area contributed by atoms with Gasteiger partial charge in [0.05, 0.1) is 12.2 Å². The van der Waals surface area contributed by atoms with E-state index >= 15 is 0 Å². The minimum atomic E-state index is -0.913. The van der Waals surface area contributed by atoms with Gasteiger partial charge in [0, 0.05) is 12.5 Å². The quantitative estimate of drug-likeness (QED) is 0.349. The smallest absolute Gasteiger partial charge is 0.118 e. The van der Waals surface area contributed by atoms with Crippen LogP contribution < -0.4 is 5.32 Å². The van der Waals surface area contributed by atoms with Gasteiger partial charge in [0.15, 0.2) is 0 Å². The van der Waals surface area contributed by atoms with Crippen LogP contribution in [0, 0.1) is 0 Å². The summed E-state index contributed by atoms with van der Waals surface area (Å²) in [4.78, 5) is 0. The molecule has 0 aromatic carbocycles. The van der Waals surface area contributed by atoms with Crippen molar-refractivity contribution in [2.24, 2.45) is 0 Å². The Balaban J connectivity index is 2.17. The van der Waals surface area contributed by atoms with E-state index in [4.69, 9.17) is 0 Å². The van der Waals surface area contributed by atoms with Crippen LogP contribution in [0.2, 0.25) is 0 Å². The van der Waals surface area contributed by atoms with Crippen LogP contribution in [0.1, 0.15) is 19.3 Å². The van der Waals surface area contributed by atoms with Crippen molar-refractivity contribution in [2.45, 2.75) is 43.2 Å². The van der Waals surface area contributed by atoms with Crippen LogP contribution >= 0.6 is 0 Å². The van der Waals surface area contributed by atoms with Gasteiger partial charge in [-0.3, -0.25) is 5.32 Å². The van der Waals surface area contributed by atoms with Crippen LogP contribution in [-0.4, -0.2) is 39.3 Å². The fourth-order valence-electron chi connectivity index (χ4n) is 2.04. The summed E-state index contributed by atoms with van der Waals surface area (Å²) in [5.41, 5.74) is -0.913. The van der Waals surface area contributed by atoms with E-state index in [-0.39, 0.29) is 12.5 Å². The van der Waals surface area contributed by atoms with Crippen molar-refractivity contribution in [1.82, 2.24) is 5.32 Å². The van der Waals surface area contributed by atoms with E-state index in [0.717, 1.165) is 6.42 Å². The molecular formula is C7H13NO3. The molecule has 4 atom stereocenters. The Morgan fingerprint density at radius 2 is 2.09 bits per heavy atom. The molecule has 0 unspecified atom stereocenters. The molecule has 0 aromatic heterocycles. The molecule has 2 rings (SSSR count). The van der Waals surface area contributed by atoms with Crippen LogP contribution in [0.25, 0.3) is 0 Å². The van der Waals surface area contributed by atoms with Crippen molar-refractivity contribution >= 4 is 0 Å². The maximum absolute atomic E-state index is 9.63. The van der Waals surface area contributed by atoms with Crippen molar-refractivity contribution in [3.63, 3.8) is 0 Å². The topological polar surface area (TPSA) is 72.7 Å². The highest BCUT2D eigenvalue weighted by atomic mass is 16.3. The molecule has 0 aromatic rings. The molecule has 2 heterocycles. The molecular weight excluding hydrogens is 146 g/mol. The third kappa shape index (κ3) is 1.06. The first-order chi connectivity index (χ1) is 5.11. The molecule has 11 heavy (non-hydrogen) atoms. The van der Waals surface area contributed by atoms with Crippen LogP contribution in [-0.2, 0) is 0 Å². The highest BCUT2D eigenvalue weighted by molar-refractivity contribution is 5.01. The van der Waals surface area contributed by atoms with E-state index in [2.05, 4.69) is 5.32 Å². The number of aliphatic hydroxyl groups excluding tert-OH is 2. The lowest BCUT2D eigenvalue weighted by atomic mass is 9.97. The van der Waals surface area contributed by atoms with Crippen molar-refractivity contribution in [1.29, 1.82) is 0 Å². The van der Waals surface area contributed by atoms with Crippen LogP contribution in [0.5, 0.6) is 0 Å². The summed E-state index contributed by atoms with van der Waals surface area (Å²) in [6.45, 7) is 0. The summed E-state index contributed by atoms with van der Waals surface area (Å²) < 4.78 is 0. The van der Waals surface area contributed by atoms with Crippen LogP contribution in [0.3, 0.4) is 0 Å². The van der Waals surface area contributed by atoms with E-state index < -0.39 is 17.9 Å². The van der Waals surface area contributed by atoms with Crippen LogP contribution in [0.15, 0.2) is 0 Å². The number of piperidine rings is 1. The number of hydrogen-bond donors (Lipinski definition) is 4. The van der Waals surface area contributed by atoms with Gasteiger partial charge in [-0.05, 0) is 12.8 Å². The SMILES string of the molecule is O[C@H]1[C@@H]2CC[C@](O)(C[C@@H]1O)N2. The molecule has 2 saturated heterocycles. The third-order valence-electron chi connectivity index (χ3n) is 2.68. The summed E-state index contributed by atoms with van der Waals surface area (Å²) in [6, 6.07) is -0.122. The highest BCUT2D eigenvalue weighted by Crippen LogP contribution is 2.33. The van der Waals surface area contributed by atoms with Gasteiger partial charge in [0.2, 0.25) is 0 Å². The summed E-state index contributed by atoms with van der Waals surface area (Å²) in [7, 11) is 0. The monoisotopic (exact) mass is 159 g/mol. The Kier molecular flexibility index (Phi) is 1.47. The lowest BCUT2D eigenvalue weighted by Gasteiger charge is -2.36. The largest absolute Gasteiger partial charge is 0.390 e. The second kappa shape index (κ2) is 2.17. The van der Waals surface area contributed by atoms with Gasteiger partial charge in [-0.2, -0.15) is 0 Å². The molecule has 2 aliphatic rings. The molecule has 64 valence electrons. The Morgan fingerprint density at radius 3 is 2.82 bits per heavy atom. The molecule has 4 heteroatoms. The van der Waals surface area contributed by atoms with E-state index in [1.54, 1.807) is 0 Å². The Labute approximate surface area is 64.8 Å². The van der Waals surface area contributed by atoms with Crippen LogP contribution in [0.4, 0.5) is 0 Å². The van der Waals surface area contributed by atoms with E-state index in [0.29, 0.717) is 6.42 Å². The second-order valence-electron chi connectivity index (χ2n) is 3.58. The molecule has 2 fully saturated rings. The van der Waals surface area contributed by atoms with E-state index in [1.165, 1.54) is 0 Å². The zero-order chi connectivity index (χ0) is 8.06. The summed E-state index contributed by atoms with van der Waals surface area (Å²) in [6.07, 6.45) is 0.136. The average molecular weight is 159 g/mol. The average Bonchev–Trinajstić information content (AvgIpc) is 2.25. The normalized spacial score (nSPS) is 56.5. The van der Waals surface area contributed by atoms with Gasteiger partial charge in [0.25, 0.3) is 0 Å². The molecule has 0 amide bonds. The van der Waals surface area contributed by atoms with Gasteiger partial charge in [-0.1, -0.05) is 0 Å². The predicted molar refractivity (Wildman–Crippen MR) is 37.7 cm³/mol. The van der Waals surface area contributed by atoms with Crippen molar-refractivity contribution in [2.75, 3.05) is 0 Å². The molecule has 2 bridgehead atoms. The Bertz CT molecular complexity index is 175. The molecule has 0 radical (unpaired) electrons. The standard InChI is InChI=1S/C7H13NO3/c9-5-3-7(11)2-1-4(8-7)6(5)10/h4-6,8-11H,1-3H2/t4-,5-,6-,7-/m0/s1. The molecule has 4 N–H and O–H groups in total. The van der Waals surface area contributed by atoms with Crippen molar-refractivity contribution in [3.05, 3.63) is 0 Å². The van der Waals surface area contributed by atoms with Gasteiger partial charge < -0.3 is 15.3 Å². The third-order valence-corrected chi connectivity index (χ3v) is 2.68. The van der Waals surface area contributed by atoms with Gasteiger partial charge >= 0.3 is 0 Å². The molecule has 2 aliphatic heterocycles. The molecule has 0 aliphatic carbocycles. The van der Waals surface area contributed by atoms with E-state index in [9.17, 15) is 15.3 Å². The molecule has 4 nitrogen and oxygen atoms in total. The van der Waals surface area contributed by atoms with Gasteiger partial charge in [-0.25, -0.2) is 0 Å². The summed E-state index contributed by atoms with van der Waals surface area (Å²) in [5.74, 6) is 0. The number of fused-ring (bicyclic) bond motifs is 2. The second-order valence-corrected chi connectivity index (χ2v) is 3.58. The van der Waals surface area contributed by atoms with Gasteiger partial charge in [0.1, 0.15) is 5.72 Å². The first-order valence-corrected chi connectivity index (χ1v) is 3.97. The number of rotatable bonds is 0. The van der Waals surface area contributed by atoms with Crippen molar-refractivity contribution < 1.29 is 15.3 Å². The number of aliphatic hydroxyl groups is 3. The first-order valence-electron chi connectivity index (χ1n) is 3.97. The van der Waals surface area contributed by atoms with Crippen molar-refractivity contribution in [3.8, 4) is 0 Å². The minimum Gasteiger partial charge on any atom is -0.390 e. The highest BCUT2D eigenvalue weighted by Gasteiger charge is 2.48. The van der Waals surface area contributed by atoms with Gasteiger partial charge in [-0.15, -0.1) is 0 Å². The first kappa shape index (κ1) is 7.49. The Hall–Kier alpha value is -0.160. The minimum absolute atomic E-state index is 0.122. The molecule has 0 saturated carbocycles. The fraction of sp³-hybridized carbons (Fsp3) is 1.00. The zero-order valence-corrected chi connectivity index (χ0v) is 6.20. The van der Waals surface area contributed by atoms with E-state index in [1.807, 2.05) is 0 Å². The zero-order valence-electron chi connectivity index (χ0n) is 6.20. The predicted octanol–water partition coefficient (Wildman–Crippen LogP) is -1.45. The fourth-order valence-corrected chi connectivity index (χ4v) is 2.04. The number of nitrogens with one attached hydrogen (secondary N) is 1. The number of hydrogen-bond acceptors (Lipinski definition) is 4. The summed E-state index contributed by atoms with van der Waals surface area (Å²) >= 11 is 0.